The number of ketones is 1. The molecule has 19 heavy (non-hydrogen) atoms. The first-order valence-corrected chi connectivity index (χ1v) is 5.69. The van der Waals surface area contributed by atoms with E-state index in [0.29, 0.717) is 5.75 Å². The molecule has 1 rings (SSSR count). The van der Waals surface area contributed by atoms with Gasteiger partial charge in [-0.05, 0) is 26.0 Å². The highest BCUT2D eigenvalue weighted by Gasteiger charge is 2.19. The largest absolute Gasteiger partial charge is 0.872 e. The molecule has 0 aromatic heterocycles. The van der Waals surface area contributed by atoms with Gasteiger partial charge in [0, 0.05) is 0 Å². The molecule has 1 aromatic rings. The number of benzene rings is 1. The zero-order chi connectivity index (χ0) is 14.4. The van der Waals surface area contributed by atoms with E-state index in [1.54, 1.807) is 30.3 Å². The molecule has 0 spiro atoms. The Labute approximate surface area is 111 Å². The second-order valence-electron chi connectivity index (χ2n) is 3.86. The Kier molecular flexibility index (Phi) is 5.11. The Morgan fingerprint density at radius 3 is 2.26 bits per heavy atom. The molecule has 0 aliphatic rings. The van der Waals surface area contributed by atoms with Gasteiger partial charge in [-0.3, -0.25) is 4.79 Å². The second kappa shape index (κ2) is 6.58. The summed E-state index contributed by atoms with van der Waals surface area (Å²) in [6, 6.07) is 8.66. The van der Waals surface area contributed by atoms with Crippen LogP contribution in [0, 0.1) is 0 Å². The van der Waals surface area contributed by atoms with Crippen LogP contribution in [0.15, 0.2) is 41.7 Å². The molecule has 5 nitrogen and oxygen atoms in total. The summed E-state index contributed by atoms with van der Waals surface area (Å²) < 4.78 is 9.79. The van der Waals surface area contributed by atoms with Crippen LogP contribution in [0.3, 0.4) is 0 Å². The zero-order valence-electron chi connectivity index (χ0n) is 11.0. The minimum atomic E-state index is -0.944. The number of hydrogen-bond donors (Lipinski definition) is 0. The third kappa shape index (κ3) is 3.84. The van der Waals surface area contributed by atoms with Crippen LogP contribution < -0.4 is 9.84 Å². The highest BCUT2D eigenvalue weighted by atomic mass is 16.5. The average molecular weight is 263 g/mol. The van der Waals surface area contributed by atoms with E-state index < -0.39 is 29.2 Å². The van der Waals surface area contributed by atoms with Gasteiger partial charge in [-0.2, -0.15) is 0 Å². The normalized spacial score (nSPS) is 13.2. The van der Waals surface area contributed by atoms with Gasteiger partial charge in [0.2, 0.25) is 0 Å². The number of rotatable bonds is 5. The lowest BCUT2D eigenvalue weighted by Crippen LogP contribution is -2.30. The number of methoxy groups -OCH3 is 1. The van der Waals surface area contributed by atoms with Crippen LogP contribution in [0.2, 0.25) is 0 Å². The SMILES string of the molecule is COC(=O)/C(C(C)=O)=C(/[O-])C(C)Oc1ccccc1. The first-order valence-electron chi connectivity index (χ1n) is 5.69. The van der Waals surface area contributed by atoms with Crippen molar-refractivity contribution in [2.45, 2.75) is 20.0 Å². The van der Waals surface area contributed by atoms with Gasteiger partial charge in [-0.25, -0.2) is 4.79 Å². The fourth-order valence-electron chi connectivity index (χ4n) is 1.48. The van der Waals surface area contributed by atoms with Crippen LogP contribution in [-0.2, 0) is 14.3 Å². The Morgan fingerprint density at radius 1 is 1.21 bits per heavy atom. The van der Waals surface area contributed by atoms with Crippen LogP contribution >= 0.6 is 0 Å². The highest BCUT2D eigenvalue weighted by molar-refractivity contribution is 6.16. The molecule has 1 aromatic carbocycles. The number of carbonyl (C=O) groups is 2. The van der Waals surface area contributed by atoms with Gasteiger partial charge in [0.05, 0.1) is 12.7 Å². The molecule has 0 aliphatic heterocycles. The van der Waals surface area contributed by atoms with Crippen LogP contribution in [0.5, 0.6) is 5.75 Å². The Balaban J connectivity index is 2.98. The predicted octanol–water partition coefficient (Wildman–Crippen LogP) is 0.830. The van der Waals surface area contributed by atoms with Crippen LogP contribution in [-0.4, -0.2) is 25.0 Å². The first-order chi connectivity index (χ1) is 8.97. The van der Waals surface area contributed by atoms with Gasteiger partial charge in [0.25, 0.3) is 0 Å². The van der Waals surface area contributed by atoms with Gasteiger partial charge in [-0.15, -0.1) is 0 Å². The van der Waals surface area contributed by atoms with Crippen molar-refractivity contribution >= 4 is 11.8 Å². The van der Waals surface area contributed by atoms with E-state index in [-0.39, 0.29) is 0 Å². The zero-order valence-corrected chi connectivity index (χ0v) is 11.0. The van der Waals surface area contributed by atoms with Gasteiger partial charge in [-0.1, -0.05) is 24.0 Å². The molecule has 0 N–H and O–H groups in total. The maximum absolute atomic E-state index is 12.0. The standard InChI is InChI=1S/C14H16O5/c1-9(15)12(14(17)18-3)13(16)10(2)19-11-7-5-4-6-8-11/h4-8,10,16H,1-3H3/p-1/b13-12+. The topological polar surface area (TPSA) is 75.7 Å². The fourth-order valence-corrected chi connectivity index (χ4v) is 1.48. The van der Waals surface area contributed by atoms with Gasteiger partial charge < -0.3 is 14.6 Å². The second-order valence-corrected chi connectivity index (χ2v) is 3.86. The fraction of sp³-hybridized carbons (Fsp3) is 0.286. The molecule has 102 valence electrons. The summed E-state index contributed by atoms with van der Waals surface area (Å²) >= 11 is 0. The third-order valence-electron chi connectivity index (χ3n) is 2.41. The maximum Gasteiger partial charge on any atom is 0.340 e. The molecule has 0 aliphatic carbocycles. The predicted molar refractivity (Wildman–Crippen MR) is 66.3 cm³/mol. The van der Waals surface area contributed by atoms with Crippen molar-refractivity contribution in [2.24, 2.45) is 0 Å². The molecule has 5 heteroatoms. The molecule has 0 bridgehead atoms. The highest BCUT2D eigenvalue weighted by Crippen LogP contribution is 2.15. The molecule has 1 unspecified atom stereocenters. The maximum atomic E-state index is 12.0. The Hall–Kier alpha value is -2.30. The summed E-state index contributed by atoms with van der Waals surface area (Å²) in [5, 5.41) is 12.0. The number of carbonyl (C=O) groups excluding carboxylic acids is 2. The summed E-state index contributed by atoms with van der Waals surface area (Å²) in [4.78, 5) is 22.7. The molecular weight excluding hydrogens is 248 g/mol. The van der Waals surface area contributed by atoms with Crippen molar-refractivity contribution in [3.05, 3.63) is 41.7 Å². The van der Waals surface area contributed by atoms with E-state index in [1.165, 1.54) is 6.92 Å². The van der Waals surface area contributed by atoms with E-state index in [2.05, 4.69) is 4.74 Å². The molecular formula is C14H15O5-. The smallest absolute Gasteiger partial charge is 0.340 e. The molecule has 0 saturated heterocycles. The van der Waals surface area contributed by atoms with E-state index in [0.717, 1.165) is 14.0 Å². The molecule has 0 radical (unpaired) electrons. The lowest BCUT2D eigenvalue weighted by molar-refractivity contribution is -0.318. The van der Waals surface area contributed by atoms with Gasteiger partial charge in [0.15, 0.2) is 5.78 Å². The van der Waals surface area contributed by atoms with Crippen molar-refractivity contribution in [2.75, 3.05) is 7.11 Å². The number of esters is 1. The summed E-state index contributed by atoms with van der Waals surface area (Å²) in [7, 11) is 1.11. The van der Waals surface area contributed by atoms with E-state index in [4.69, 9.17) is 4.74 Å². The van der Waals surface area contributed by atoms with Gasteiger partial charge >= 0.3 is 5.97 Å². The monoisotopic (exact) mass is 263 g/mol. The van der Waals surface area contributed by atoms with Crippen molar-refractivity contribution in [3.8, 4) is 5.75 Å². The van der Waals surface area contributed by atoms with Crippen molar-refractivity contribution in [1.29, 1.82) is 0 Å². The van der Waals surface area contributed by atoms with Crippen molar-refractivity contribution in [3.63, 3.8) is 0 Å². The van der Waals surface area contributed by atoms with Crippen LogP contribution in [0.4, 0.5) is 0 Å². The lowest BCUT2D eigenvalue weighted by atomic mass is 10.1. The average Bonchev–Trinajstić information content (AvgIpc) is 2.39. The van der Waals surface area contributed by atoms with E-state index in [9.17, 15) is 14.7 Å². The van der Waals surface area contributed by atoms with Gasteiger partial charge in [0.1, 0.15) is 11.9 Å². The van der Waals surface area contributed by atoms with Crippen LogP contribution in [0.25, 0.3) is 0 Å². The molecule has 0 amide bonds. The van der Waals surface area contributed by atoms with E-state index in [1.807, 2.05) is 0 Å². The Morgan fingerprint density at radius 2 is 1.79 bits per heavy atom. The molecule has 0 heterocycles. The quantitative estimate of drug-likeness (QED) is 0.258. The van der Waals surface area contributed by atoms with Crippen molar-refractivity contribution < 1.29 is 24.2 Å². The van der Waals surface area contributed by atoms with Crippen LogP contribution in [0.1, 0.15) is 13.8 Å². The summed E-state index contributed by atoms with van der Waals surface area (Å²) in [5.74, 6) is -1.79. The van der Waals surface area contributed by atoms with Crippen molar-refractivity contribution in [1.82, 2.24) is 0 Å². The molecule has 0 saturated carbocycles. The minimum Gasteiger partial charge on any atom is -0.872 e. The molecule has 1 atom stereocenters. The molecule has 0 fully saturated rings. The number of ether oxygens (including phenoxy) is 2. The summed E-state index contributed by atoms with van der Waals surface area (Å²) in [6.45, 7) is 2.61. The summed E-state index contributed by atoms with van der Waals surface area (Å²) in [5.41, 5.74) is -0.508. The summed E-state index contributed by atoms with van der Waals surface area (Å²) in [6.07, 6.45) is -0.944. The number of para-hydroxylation sites is 1. The number of Topliss-reactive ketones (excluding diaryl/α,β-unsaturated/α-hetero) is 1. The minimum absolute atomic E-state index is 0.483. The Bertz CT molecular complexity index is 490. The lowest BCUT2D eigenvalue weighted by Gasteiger charge is -2.24. The third-order valence-corrected chi connectivity index (χ3v) is 2.41. The van der Waals surface area contributed by atoms with E-state index >= 15 is 0 Å². The number of hydrogen-bond acceptors (Lipinski definition) is 5. The first kappa shape index (κ1) is 14.8.